The molecule has 1 aromatic rings. The molecule has 2 atom stereocenters. The molecule has 0 bridgehead atoms. The summed E-state index contributed by atoms with van der Waals surface area (Å²) in [6.07, 6.45) is -0.397. The van der Waals surface area contributed by atoms with Crippen molar-refractivity contribution in [2.24, 2.45) is 0 Å². The maximum Gasteiger partial charge on any atom is 0.0706 e. The molecular formula is C13H21NO. The first-order valence-corrected chi connectivity index (χ1v) is 5.41. The van der Waals surface area contributed by atoms with E-state index < -0.39 is 6.10 Å². The molecule has 2 unspecified atom stereocenters. The summed E-state index contributed by atoms with van der Waals surface area (Å²) in [7, 11) is 0. The third kappa shape index (κ3) is 4.02. The molecule has 0 saturated heterocycles. The van der Waals surface area contributed by atoms with Crippen LogP contribution in [0.15, 0.2) is 30.3 Å². The molecule has 15 heavy (non-hydrogen) atoms. The minimum absolute atomic E-state index is 0.00248. The second-order valence-corrected chi connectivity index (χ2v) is 5.02. The second kappa shape index (κ2) is 4.77. The molecule has 0 aromatic heterocycles. The van der Waals surface area contributed by atoms with Gasteiger partial charge in [-0.05, 0) is 33.3 Å². The molecule has 0 amide bonds. The Morgan fingerprint density at radius 3 is 2.07 bits per heavy atom. The highest BCUT2D eigenvalue weighted by Crippen LogP contribution is 2.19. The number of aliphatic hydroxyl groups is 1. The Hall–Kier alpha value is -0.860. The van der Waals surface area contributed by atoms with Gasteiger partial charge in [0, 0.05) is 5.54 Å². The molecule has 2 heteroatoms. The van der Waals surface area contributed by atoms with E-state index in [1.54, 1.807) is 0 Å². The fraction of sp³-hybridized carbons (Fsp3) is 0.538. The third-order valence-corrected chi connectivity index (χ3v) is 2.23. The van der Waals surface area contributed by atoms with Crippen LogP contribution in [0.1, 0.15) is 39.3 Å². The Morgan fingerprint density at radius 1 is 1.13 bits per heavy atom. The van der Waals surface area contributed by atoms with Crippen LogP contribution in [0.3, 0.4) is 0 Å². The third-order valence-electron chi connectivity index (χ3n) is 2.23. The Labute approximate surface area is 92.3 Å². The van der Waals surface area contributed by atoms with Gasteiger partial charge in [0.05, 0.1) is 12.1 Å². The van der Waals surface area contributed by atoms with Crippen LogP contribution < -0.4 is 5.32 Å². The Morgan fingerprint density at radius 2 is 1.67 bits per heavy atom. The SMILES string of the molecule is CC(O)C(NC(C)(C)C)c1ccccc1. The minimum Gasteiger partial charge on any atom is -0.391 e. The summed E-state index contributed by atoms with van der Waals surface area (Å²) in [4.78, 5) is 0. The van der Waals surface area contributed by atoms with Crippen LogP contribution in [-0.4, -0.2) is 16.7 Å². The van der Waals surface area contributed by atoms with Crippen LogP contribution in [0.5, 0.6) is 0 Å². The van der Waals surface area contributed by atoms with Crippen LogP contribution >= 0.6 is 0 Å². The lowest BCUT2D eigenvalue weighted by Crippen LogP contribution is -2.42. The van der Waals surface area contributed by atoms with Crippen molar-refractivity contribution in [3.63, 3.8) is 0 Å². The van der Waals surface area contributed by atoms with Crippen LogP contribution in [0.2, 0.25) is 0 Å². The van der Waals surface area contributed by atoms with Crippen LogP contribution in [0, 0.1) is 0 Å². The standard InChI is InChI=1S/C13H21NO/c1-10(15)12(14-13(2,3)4)11-8-6-5-7-9-11/h5-10,12,14-15H,1-4H3. The summed E-state index contributed by atoms with van der Waals surface area (Å²) < 4.78 is 0. The zero-order valence-corrected chi connectivity index (χ0v) is 9.99. The Kier molecular flexibility index (Phi) is 3.89. The summed E-state index contributed by atoms with van der Waals surface area (Å²) >= 11 is 0. The van der Waals surface area contributed by atoms with Gasteiger partial charge in [-0.1, -0.05) is 30.3 Å². The van der Waals surface area contributed by atoms with Crippen molar-refractivity contribution < 1.29 is 5.11 Å². The van der Waals surface area contributed by atoms with E-state index >= 15 is 0 Å². The van der Waals surface area contributed by atoms with Gasteiger partial charge < -0.3 is 10.4 Å². The fourth-order valence-electron chi connectivity index (χ4n) is 1.61. The molecule has 0 saturated carbocycles. The number of benzene rings is 1. The fourth-order valence-corrected chi connectivity index (χ4v) is 1.61. The summed E-state index contributed by atoms with van der Waals surface area (Å²) in [6, 6.07) is 10.0. The van der Waals surface area contributed by atoms with E-state index in [0.29, 0.717) is 0 Å². The maximum atomic E-state index is 9.77. The number of hydrogen-bond acceptors (Lipinski definition) is 2. The van der Waals surface area contributed by atoms with E-state index in [2.05, 4.69) is 26.1 Å². The second-order valence-electron chi connectivity index (χ2n) is 5.02. The molecule has 0 heterocycles. The monoisotopic (exact) mass is 207 g/mol. The molecule has 2 N–H and O–H groups in total. The topological polar surface area (TPSA) is 32.3 Å². The Bertz CT molecular complexity index is 287. The summed E-state index contributed by atoms with van der Waals surface area (Å²) in [5, 5.41) is 13.2. The average molecular weight is 207 g/mol. The van der Waals surface area contributed by atoms with Crippen molar-refractivity contribution in [3.05, 3.63) is 35.9 Å². The van der Waals surface area contributed by atoms with Gasteiger partial charge in [-0.3, -0.25) is 0 Å². The molecular weight excluding hydrogens is 186 g/mol. The van der Waals surface area contributed by atoms with Gasteiger partial charge in [0.15, 0.2) is 0 Å². The molecule has 0 aliphatic carbocycles. The van der Waals surface area contributed by atoms with E-state index in [9.17, 15) is 5.11 Å². The molecule has 0 radical (unpaired) electrons. The summed E-state index contributed by atoms with van der Waals surface area (Å²) in [6.45, 7) is 8.12. The van der Waals surface area contributed by atoms with Crippen LogP contribution in [0.4, 0.5) is 0 Å². The summed E-state index contributed by atoms with van der Waals surface area (Å²) in [5.41, 5.74) is 1.12. The molecule has 0 spiro atoms. The molecule has 0 fully saturated rings. The van der Waals surface area contributed by atoms with Gasteiger partial charge in [-0.25, -0.2) is 0 Å². The van der Waals surface area contributed by atoms with Gasteiger partial charge >= 0.3 is 0 Å². The summed E-state index contributed by atoms with van der Waals surface area (Å²) in [5.74, 6) is 0. The number of hydrogen-bond donors (Lipinski definition) is 2. The van der Waals surface area contributed by atoms with Gasteiger partial charge in [0.2, 0.25) is 0 Å². The van der Waals surface area contributed by atoms with Crippen molar-refractivity contribution in [1.29, 1.82) is 0 Å². The van der Waals surface area contributed by atoms with Gasteiger partial charge in [-0.15, -0.1) is 0 Å². The number of nitrogens with one attached hydrogen (secondary N) is 1. The highest BCUT2D eigenvalue weighted by Gasteiger charge is 2.22. The first kappa shape index (κ1) is 12.2. The molecule has 84 valence electrons. The van der Waals surface area contributed by atoms with Crippen molar-refractivity contribution in [2.45, 2.75) is 45.4 Å². The molecule has 2 nitrogen and oxygen atoms in total. The van der Waals surface area contributed by atoms with Gasteiger partial charge in [0.1, 0.15) is 0 Å². The lowest BCUT2D eigenvalue weighted by Gasteiger charge is -2.30. The molecule has 0 aliphatic heterocycles. The molecule has 1 aromatic carbocycles. The van der Waals surface area contributed by atoms with Gasteiger partial charge in [-0.2, -0.15) is 0 Å². The first-order chi connectivity index (χ1) is 6.90. The van der Waals surface area contributed by atoms with E-state index in [1.807, 2.05) is 37.3 Å². The predicted octanol–water partition coefficient (Wildman–Crippen LogP) is 2.50. The maximum absolute atomic E-state index is 9.77. The quantitative estimate of drug-likeness (QED) is 0.798. The normalized spacial score (nSPS) is 16.1. The van der Waals surface area contributed by atoms with E-state index in [0.717, 1.165) is 5.56 Å². The first-order valence-electron chi connectivity index (χ1n) is 5.41. The highest BCUT2D eigenvalue weighted by molar-refractivity contribution is 5.20. The van der Waals surface area contributed by atoms with Crippen molar-refractivity contribution in [3.8, 4) is 0 Å². The zero-order chi connectivity index (χ0) is 11.5. The smallest absolute Gasteiger partial charge is 0.0706 e. The zero-order valence-electron chi connectivity index (χ0n) is 9.99. The highest BCUT2D eigenvalue weighted by atomic mass is 16.3. The van der Waals surface area contributed by atoms with Crippen molar-refractivity contribution in [2.75, 3.05) is 0 Å². The average Bonchev–Trinajstić information content (AvgIpc) is 2.14. The van der Waals surface area contributed by atoms with E-state index in [4.69, 9.17) is 0 Å². The molecule has 1 rings (SSSR count). The largest absolute Gasteiger partial charge is 0.391 e. The Balaban J connectivity index is 2.85. The van der Waals surface area contributed by atoms with Gasteiger partial charge in [0.25, 0.3) is 0 Å². The van der Waals surface area contributed by atoms with E-state index in [1.165, 1.54) is 0 Å². The van der Waals surface area contributed by atoms with E-state index in [-0.39, 0.29) is 11.6 Å². The van der Waals surface area contributed by atoms with Crippen molar-refractivity contribution >= 4 is 0 Å². The van der Waals surface area contributed by atoms with Crippen LogP contribution in [-0.2, 0) is 0 Å². The van der Waals surface area contributed by atoms with Crippen LogP contribution in [0.25, 0.3) is 0 Å². The lowest BCUT2D eigenvalue weighted by molar-refractivity contribution is 0.129. The molecule has 0 aliphatic rings. The lowest BCUT2D eigenvalue weighted by atomic mass is 9.98. The van der Waals surface area contributed by atoms with Crippen molar-refractivity contribution in [1.82, 2.24) is 5.32 Å². The predicted molar refractivity (Wildman–Crippen MR) is 63.8 cm³/mol. The number of aliphatic hydroxyl groups excluding tert-OH is 1. The minimum atomic E-state index is -0.397. The number of rotatable bonds is 3.